The molecule has 0 saturated carbocycles. The molecule has 0 fully saturated rings. The maximum atomic E-state index is 11.3. The van der Waals surface area contributed by atoms with E-state index in [1.807, 2.05) is 54.6 Å². The third kappa shape index (κ3) is 3.06. The van der Waals surface area contributed by atoms with E-state index in [0.29, 0.717) is 17.0 Å². The van der Waals surface area contributed by atoms with Gasteiger partial charge in [-0.25, -0.2) is 0 Å². The van der Waals surface area contributed by atoms with Crippen molar-refractivity contribution in [1.29, 1.82) is 0 Å². The zero-order valence-corrected chi connectivity index (χ0v) is 12.1. The van der Waals surface area contributed by atoms with Crippen molar-refractivity contribution in [2.45, 2.75) is 6.92 Å². The predicted octanol–water partition coefficient (Wildman–Crippen LogP) is 3.39. The smallest absolute Gasteiger partial charge is 0.262 e. The van der Waals surface area contributed by atoms with Crippen molar-refractivity contribution in [3.05, 3.63) is 59.2 Å². The van der Waals surface area contributed by atoms with Crippen LogP contribution in [0.2, 0.25) is 0 Å². The Balaban J connectivity index is 1.79. The summed E-state index contributed by atoms with van der Waals surface area (Å²) in [6.07, 6.45) is 3.90. The van der Waals surface area contributed by atoms with Gasteiger partial charge in [0.1, 0.15) is 5.75 Å². The van der Waals surface area contributed by atoms with Crippen LogP contribution in [0.15, 0.2) is 42.5 Å². The van der Waals surface area contributed by atoms with E-state index in [1.54, 1.807) is 6.92 Å². The molecule has 1 aliphatic heterocycles. The van der Waals surface area contributed by atoms with E-state index < -0.39 is 0 Å². The van der Waals surface area contributed by atoms with Crippen LogP contribution in [0, 0.1) is 0 Å². The van der Waals surface area contributed by atoms with Crippen molar-refractivity contribution >= 4 is 29.5 Å². The van der Waals surface area contributed by atoms with Crippen LogP contribution in [0.1, 0.15) is 28.4 Å². The molecule has 2 aromatic rings. The van der Waals surface area contributed by atoms with Crippen LogP contribution in [0.3, 0.4) is 0 Å². The van der Waals surface area contributed by atoms with E-state index in [2.05, 4.69) is 5.32 Å². The summed E-state index contributed by atoms with van der Waals surface area (Å²) in [5.41, 5.74) is 3.35. The summed E-state index contributed by atoms with van der Waals surface area (Å²) in [6, 6.07) is 13.1. The van der Waals surface area contributed by atoms with Crippen LogP contribution in [0.5, 0.6) is 5.75 Å². The lowest BCUT2D eigenvalue weighted by molar-refractivity contribution is -0.118. The number of amides is 1. The maximum Gasteiger partial charge on any atom is 0.262 e. The van der Waals surface area contributed by atoms with Crippen LogP contribution >= 0.6 is 0 Å². The van der Waals surface area contributed by atoms with Crippen molar-refractivity contribution in [3.8, 4) is 5.75 Å². The number of anilines is 1. The fraction of sp³-hybridized carbons (Fsp3) is 0.111. The number of ether oxygens (including phenoxy) is 1. The second kappa shape index (κ2) is 5.85. The second-order valence-electron chi connectivity index (χ2n) is 5.10. The Morgan fingerprint density at radius 1 is 1.09 bits per heavy atom. The van der Waals surface area contributed by atoms with Crippen molar-refractivity contribution < 1.29 is 14.3 Å². The van der Waals surface area contributed by atoms with Crippen LogP contribution < -0.4 is 10.1 Å². The third-order valence-electron chi connectivity index (χ3n) is 3.42. The van der Waals surface area contributed by atoms with Crippen LogP contribution in [-0.4, -0.2) is 18.3 Å². The van der Waals surface area contributed by atoms with E-state index in [0.717, 1.165) is 11.1 Å². The monoisotopic (exact) mass is 293 g/mol. The lowest BCUT2D eigenvalue weighted by Crippen LogP contribution is -2.25. The van der Waals surface area contributed by atoms with Gasteiger partial charge in [0, 0.05) is 5.56 Å². The number of nitrogens with one attached hydrogen (secondary N) is 1. The molecule has 4 nitrogen and oxygen atoms in total. The molecule has 3 rings (SSSR count). The molecule has 0 bridgehead atoms. The molecule has 0 radical (unpaired) electrons. The summed E-state index contributed by atoms with van der Waals surface area (Å²) < 4.78 is 5.32. The van der Waals surface area contributed by atoms with E-state index >= 15 is 0 Å². The van der Waals surface area contributed by atoms with E-state index in [9.17, 15) is 9.59 Å². The number of hydrogen-bond acceptors (Lipinski definition) is 3. The Bertz CT molecular complexity index is 760. The van der Waals surface area contributed by atoms with Crippen LogP contribution in [0.4, 0.5) is 5.69 Å². The molecule has 1 aliphatic rings. The average molecular weight is 293 g/mol. The largest absolute Gasteiger partial charge is 0.482 e. The molecule has 1 heterocycles. The molecule has 2 aromatic carbocycles. The van der Waals surface area contributed by atoms with Gasteiger partial charge < -0.3 is 10.1 Å². The number of hydrogen-bond donors (Lipinski definition) is 1. The first-order valence-corrected chi connectivity index (χ1v) is 6.97. The molecule has 22 heavy (non-hydrogen) atoms. The van der Waals surface area contributed by atoms with Gasteiger partial charge in [0.15, 0.2) is 12.4 Å². The number of ketones is 1. The van der Waals surface area contributed by atoms with Gasteiger partial charge in [0.2, 0.25) is 0 Å². The topological polar surface area (TPSA) is 55.4 Å². The zero-order valence-electron chi connectivity index (χ0n) is 12.1. The minimum Gasteiger partial charge on any atom is -0.482 e. The van der Waals surface area contributed by atoms with Gasteiger partial charge >= 0.3 is 0 Å². The molecule has 1 amide bonds. The highest BCUT2D eigenvalue weighted by Crippen LogP contribution is 2.29. The Labute approximate surface area is 128 Å². The van der Waals surface area contributed by atoms with E-state index in [1.165, 1.54) is 0 Å². The normalized spacial score (nSPS) is 13.4. The van der Waals surface area contributed by atoms with Gasteiger partial charge in [-0.3, -0.25) is 9.59 Å². The maximum absolute atomic E-state index is 11.3. The summed E-state index contributed by atoms with van der Waals surface area (Å²) in [5.74, 6) is 0.594. The van der Waals surface area contributed by atoms with Crippen molar-refractivity contribution in [3.63, 3.8) is 0 Å². The highest BCUT2D eigenvalue weighted by Gasteiger charge is 2.15. The molecule has 0 aliphatic carbocycles. The minimum absolute atomic E-state index is 0.0564. The van der Waals surface area contributed by atoms with E-state index in [-0.39, 0.29) is 18.3 Å². The molecule has 0 aromatic heterocycles. The van der Waals surface area contributed by atoms with Gasteiger partial charge in [0.05, 0.1) is 5.69 Å². The van der Waals surface area contributed by atoms with Gasteiger partial charge in [-0.05, 0) is 30.2 Å². The number of benzene rings is 2. The number of Topliss-reactive ketones (excluding diaryl/α,β-unsaturated/α-hetero) is 1. The molecule has 0 saturated heterocycles. The first-order valence-electron chi connectivity index (χ1n) is 6.97. The second-order valence-corrected chi connectivity index (χ2v) is 5.10. The van der Waals surface area contributed by atoms with Crippen molar-refractivity contribution in [1.82, 2.24) is 0 Å². The zero-order chi connectivity index (χ0) is 15.5. The molecule has 4 heteroatoms. The Hall–Kier alpha value is -2.88. The van der Waals surface area contributed by atoms with Gasteiger partial charge in [-0.1, -0.05) is 42.5 Å². The fourth-order valence-electron chi connectivity index (χ4n) is 2.23. The number of carbonyl (C=O) groups is 2. The Morgan fingerprint density at radius 3 is 2.50 bits per heavy atom. The summed E-state index contributed by atoms with van der Waals surface area (Å²) in [5, 5.41) is 2.78. The predicted molar refractivity (Wildman–Crippen MR) is 85.9 cm³/mol. The lowest BCUT2D eigenvalue weighted by atomic mass is 10.1. The van der Waals surface area contributed by atoms with Gasteiger partial charge in [-0.15, -0.1) is 0 Å². The SMILES string of the molecule is CC(=O)c1ccc(/C=C/c2ccc3c(c2)NC(=O)CO3)cc1. The first kappa shape index (κ1) is 14.1. The summed E-state index contributed by atoms with van der Waals surface area (Å²) in [7, 11) is 0. The van der Waals surface area contributed by atoms with Crippen molar-refractivity contribution in [2.75, 3.05) is 11.9 Å². The Kier molecular flexibility index (Phi) is 3.74. The molecule has 0 spiro atoms. The Morgan fingerprint density at radius 2 is 1.77 bits per heavy atom. The van der Waals surface area contributed by atoms with Crippen LogP contribution in [-0.2, 0) is 4.79 Å². The molecular weight excluding hydrogens is 278 g/mol. The number of fused-ring (bicyclic) bond motifs is 1. The summed E-state index contributed by atoms with van der Waals surface area (Å²) >= 11 is 0. The van der Waals surface area contributed by atoms with Crippen molar-refractivity contribution in [2.24, 2.45) is 0 Å². The quantitative estimate of drug-likeness (QED) is 0.697. The number of rotatable bonds is 3. The lowest BCUT2D eigenvalue weighted by Gasteiger charge is -2.17. The molecular formula is C18H15NO3. The van der Waals surface area contributed by atoms with Crippen LogP contribution in [0.25, 0.3) is 12.2 Å². The van der Waals surface area contributed by atoms with Gasteiger partial charge in [-0.2, -0.15) is 0 Å². The minimum atomic E-state index is -0.145. The highest BCUT2D eigenvalue weighted by molar-refractivity contribution is 5.96. The average Bonchev–Trinajstić information content (AvgIpc) is 2.53. The van der Waals surface area contributed by atoms with Gasteiger partial charge in [0.25, 0.3) is 5.91 Å². The summed E-state index contributed by atoms with van der Waals surface area (Å²) in [6.45, 7) is 1.61. The first-order chi connectivity index (χ1) is 10.6. The summed E-state index contributed by atoms with van der Waals surface area (Å²) in [4.78, 5) is 22.6. The molecule has 110 valence electrons. The fourth-order valence-corrected chi connectivity index (χ4v) is 2.23. The molecule has 0 atom stereocenters. The number of carbonyl (C=O) groups excluding carboxylic acids is 2. The highest BCUT2D eigenvalue weighted by atomic mass is 16.5. The van der Waals surface area contributed by atoms with E-state index in [4.69, 9.17) is 4.74 Å². The third-order valence-corrected chi connectivity index (χ3v) is 3.42. The standard InChI is InChI=1S/C18H15NO3/c1-12(20)15-7-4-13(5-8-15)2-3-14-6-9-17-16(10-14)19-18(21)11-22-17/h2-10H,11H2,1H3,(H,19,21)/b3-2+. The molecule has 1 N–H and O–H groups in total. The molecule has 0 unspecified atom stereocenters.